The van der Waals surface area contributed by atoms with Crippen LogP contribution in [0.5, 0.6) is 0 Å². The number of fused-ring (bicyclic) bond motifs is 5. The van der Waals surface area contributed by atoms with Gasteiger partial charge in [-0.1, -0.05) is 144 Å². The van der Waals surface area contributed by atoms with E-state index in [9.17, 15) is 0 Å². The first-order chi connectivity index (χ1) is 22.8. The van der Waals surface area contributed by atoms with E-state index in [0.717, 1.165) is 22.2 Å². The first-order valence-corrected chi connectivity index (χ1v) is 17.9. The van der Waals surface area contributed by atoms with E-state index in [4.69, 9.17) is 15.0 Å². The fraction of sp³-hybridized carbons (Fsp3) is 0.400. The quantitative estimate of drug-likeness (QED) is 0.192. The normalized spacial score (nSPS) is 20.4. The predicted molar refractivity (Wildman–Crippen MR) is 205 cm³/mol. The van der Waals surface area contributed by atoms with Gasteiger partial charge in [-0.25, -0.2) is 4.98 Å². The molecule has 0 bridgehead atoms. The van der Waals surface area contributed by atoms with Crippen molar-refractivity contribution in [1.82, 2.24) is 19.5 Å². The third kappa shape index (κ3) is 3.89. The summed E-state index contributed by atoms with van der Waals surface area (Å²) < 4.78 is 2.34. The lowest BCUT2D eigenvalue weighted by Crippen LogP contribution is -2.42. The van der Waals surface area contributed by atoms with Gasteiger partial charge in [0.1, 0.15) is 0 Å². The van der Waals surface area contributed by atoms with Crippen molar-refractivity contribution < 1.29 is 0 Å². The molecule has 2 aliphatic carbocycles. The molecule has 0 atom stereocenters. The molecule has 2 aliphatic rings. The van der Waals surface area contributed by atoms with Crippen LogP contribution in [0.2, 0.25) is 0 Å². The van der Waals surface area contributed by atoms with Crippen molar-refractivity contribution in [3.8, 4) is 28.7 Å². The molecule has 0 spiro atoms. The summed E-state index contributed by atoms with van der Waals surface area (Å²) in [5, 5.41) is 2.53. The first kappa shape index (κ1) is 31.9. The van der Waals surface area contributed by atoms with Crippen LogP contribution >= 0.6 is 0 Å². The summed E-state index contributed by atoms with van der Waals surface area (Å²) in [6.07, 6.45) is 0. The molecule has 0 aliphatic heterocycles. The third-order valence-corrected chi connectivity index (χ3v) is 14.9. The number of benzene rings is 4. The van der Waals surface area contributed by atoms with Gasteiger partial charge in [0.15, 0.2) is 11.6 Å². The van der Waals surface area contributed by atoms with Crippen molar-refractivity contribution >= 4 is 21.8 Å². The van der Waals surface area contributed by atoms with Crippen LogP contribution in [0.25, 0.3) is 50.5 Å². The standard InChI is InChI=1S/C45H50N4/c1-40(2)31-23-29-30-24-32-34(43(7,8)45(11,12)41(32,3)4)26-36(30)49(35(29)25-33(31)42(5,6)44(40,9)10)39-47-37(27-19-15-13-16-20-27)46-38(48-39)28-21-17-14-18-22-28/h13-26H,1-12H3. The van der Waals surface area contributed by atoms with Gasteiger partial charge < -0.3 is 0 Å². The molecule has 0 radical (unpaired) electrons. The van der Waals surface area contributed by atoms with Crippen LogP contribution in [0.1, 0.15) is 105 Å². The van der Waals surface area contributed by atoms with E-state index in [1.54, 1.807) is 0 Å². The van der Waals surface area contributed by atoms with Crippen LogP contribution in [-0.2, 0) is 21.7 Å². The highest BCUT2D eigenvalue weighted by molar-refractivity contribution is 6.10. The molecule has 0 saturated carbocycles. The number of rotatable bonds is 3. The summed E-state index contributed by atoms with van der Waals surface area (Å²) in [5.74, 6) is 2.00. The zero-order valence-corrected chi connectivity index (χ0v) is 31.4. The van der Waals surface area contributed by atoms with Gasteiger partial charge in [-0.2, -0.15) is 9.97 Å². The highest BCUT2D eigenvalue weighted by atomic mass is 15.2. The van der Waals surface area contributed by atoms with Crippen LogP contribution in [0, 0.1) is 10.8 Å². The van der Waals surface area contributed by atoms with E-state index < -0.39 is 0 Å². The van der Waals surface area contributed by atoms with Crippen molar-refractivity contribution in [3.05, 3.63) is 107 Å². The molecule has 4 aromatic carbocycles. The summed E-state index contributed by atoms with van der Waals surface area (Å²) in [4.78, 5) is 15.6. The molecule has 2 heterocycles. The average molecular weight is 647 g/mol. The monoisotopic (exact) mass is 646 g/mol. The lowest BCUT2D eigenvalue weighted by molar-refractivity contribution is 0.125. The fourth-order valence-corrected chi connectivity index (χ4v) is 9.20. The van der Waals surface area contributed by atoms with Gasteiger partial charge in [0, 0.05) is 21.9 Å². The largest absolute Gasteiger partial charge is 0.278 e. The molecule has 2 aromatic heterocycles. The minimum absolute atomic E-state index is 0.0114. The fourth-order valence-electron chi connectivity index (χ4n) is 9.20. The molecule has 250 valence electrons. The van der Waals surface area contributed by atoms with Crippen molar-refractivity contribution in [2.75, 3.05) is 0 Å². The Kier molecular flexibility index (Phi) is 6.31. The van der Waals surface area contributed by atoms with Gasteiger partial charge in [0.05, 0.1) is 11.0 Å². The van der Waals surface area contributed by atoms with E-state index >= 15 is 0 Å². The molecule has 49 heavy (non-hydrogen) atoms. The molecular weight excluding hydrogens is 597 g/mol. The summed E-state index contributed by atoms with van der Waals surface area (Å²) >= 11 is 0. The Hall–Kier alpha value is -4.31. The summed E-state index contributed by atoms with van der Waals surface area (Å²) in [5.41, 5.74) is 9.95. The Balaban J connectivity index is 1.54. The molecule has 0 fully saturated rings. The Morgan fingerprint density at radius 1 is 0.408 bits per heavy atom. The molecule has 0 saturated heterocycles. The SMILES string of the molecule is CC1(C)c2cc3c4cc5c(cc4n(-c4nc(-c6ccccc6)nc(-c6ccccc6)n4)c3cc2C(C)(C)C1(C)C)C(C)(C)C(C)(C)C5(C)C. The maximum atomic E-state index is 5.29. The number of hydrogen-bond donors (Lipinski definition) is 0. The molecule has 6 aromatic rings. The van der Waals surface area contributed by atoms with E-state index in [1.165, 1.54) is 33.0 Å². The Morgan fingerprint density at radius 2 is 0.735 bits per heavy atom. The lowest BCUT2D eigenvalue weighted by Gasteiger charge is -2.44. The molecule has 0 amide bonds. The second-order valence-corrected chi connectivity index (χ2v) is 17.9. The average Bonchev–Trinajstić information content (AvgIpc) is 3.48. The zero-order valence-electron chi connectivity index (χ0n) is 31.4. The molecule has 8 rings (SSSR count). The van der Waals surface area contributed by atoms with E-state index in [1.807, 2.05) is 36.4 Å². The molecule has 4 nitrogen and oxygen atoms in total. The van der Waals surface area contributed by atoms with Crippen LogP contribution < -0.4 is 0 Å². The van der Waals surface area contributed by atoms with Gasteiger partial charge in [-0.15, -0.1) is 0 Å². The van der Waals surface area contributed by atoms with Crippen molar-refractivity contribution in [2.45, 2.75) is 105 Å². The van der Waals surface area contributed by atoms with Crippen molar-refractivity contribution in [1.29, 1.82) is 0 Å². The highest BCUT2D eigenvalue weighted by Gasteiger charge is 2.58. The molecule has 4 heteroatoms. The van der Waals surface area contributed by atoms with Gasteiger partial charge in [-0.3, -0.25) is 4.57 Å². The number of aromatic nitrogens is 4. The Morgan fingerprint density at radius 3 is 1.08 bits per heavy atom. The zero-order chi connectivity index (χ0) is 35.1. The third-order valence-electron chi connectivity index (χ3n) is 14.9. The number of nitrogens with zero attached hydrogens (tertiary/aromatic N) is 4. The lowest BCUT2D eigenvalue weighted by atomic mass is 9.59. The second kappa shape index (κ2) is 9.68. The predicted octanol–water partition coefficient (Wildman–Crippen LogP) is 11.5. The summed E-state index contributed by atoms with van der Waals surface area (Å²) in [6, 6.07) is 30.6. The summed E-state index contributed by atoms with van der Waals surface area (Å²) in [7, 11) is 0. The van der Waals surface area contributed by atoms with Gasteiger partial charge >= 0.3 is 0 Å². The van der Waals surface area contributed by atoms with E-state index in [-0.39, 0.29) is 32.5 Å². The Bertz CT molecular complexity index is 2160. The molecular formula is C45H50N4. The second-order valence-electron chi connectivity index (χ2n) is 17.9. The maximum Gasteiger partial charge on any atom is 0.238 e. The van der Waals surface area contributed by atoms with Crippen LogP contribution in [0.15, 0.2) is 84.9 Å². The smallest absolute Gasteiger partial charge is 0.238 e. The molecule has 0 N–H and O–H groups in total. The van der Waals surface area contributed by atoms with Crippen LogP contribution in [0.4, 0.5) is 0 Å². The van der Waals surface area contributed by atoms with Crippen LogP contribution in [0.3, 0.4) is 0 Å². The van der Waals surface area contributed by atoms with Crippen molar-refractivity contribution in [3.63, 3.8) is 0 Å². The Labute approximate surface area is 292 Å². The van der Waals surface area contributed by atoms with Crippen LogP contribution in [-0.4, -0.2) is 19.5 Å². The van der Waals surface area contributed by atoms with Gasteiger partial charge in [-0.05, 0) is 79.0 Å². The first-order valence-electron chi connectivity index (χ1n) is 17.9. The van der Waals surface area contributed by atoms with E-state index in [0.29, 0.717) is 17.6 Å². The van der Waals surface area contributed by atoms with E-state index in [2.05, 4.69) is 136 Å². The molecule has 0 unspecified atom stereocenters. The van der Waals surface area contributed by atoms with Gasteiger partial charge in [0.2, 0.25) is 5.95 Å². The minimum atomic E-state index is -0.0411. The van der Waals surface area contributed by atoms with Crippen molar-refractivity contribution in [2.24, 2.45) is 10.8 Å². The van der Waals surface area contributed by atoms with Gasteiger partial charge in [0.25, 0.3) is 0 Å². The topological polar surface area (TPSA) is 43.6 Å². The maximum absolute atomic E-state index is 5.29. The number of hydrogen-bond acceptors (Lipinski definition) is 3. The summed E-state index contributed by atoms with van der Waals surface area (Å²) in [6.45, 7) is 29.2. The highest BCUT2D eigenvalue weighted by Crippen LogP contribution is 2.64. The minimum Gasteiger partial charge on any atom is -0.278 e.